The molecule has 5 nitrogen and oxygen atoms in total. The van der Waals surface area contributed by atoms with E-state index in [-0.39, 0.29) is 0 Å². The third kappa shape index (κ3) is 2.68. The normalized spacial score (nSPS) is 12.9. The van der Waals surface area contributed by atoms with E-state index in [2.05, 4.69) is 51.2 Å². The highest BCUT2D eigenvalue weighted by atomic mass is 32.2. The fraction of sp³-hybridized carbons (Fsp3) is 0.222. The molecular formula is C18H18N4OS. The smallest absolute Gasteiger partial charge is 0.190 e. The molecule has 0 radical (unpaired) electrons. The van der Waals surface area contributed by atoms with Crippen molar-refractivity contribution >= 4 is 33.6 Å². The molecular weight excluding hydrogens is 320 g/mol. The van der Waals surface area contributed by atoms with Crippen molar-refractivity contribution in [3.8, 4) is 0 Å². The molecule has 0 spiro atoms. The summed E-state index contributed by atoms with van der Waals surface area (Å²) in [4.78, 5) is 0. The highest BCUT2D eigenvalue weighted by Gasteiger charge is 2.14. The Morgan fingerprint density at radius 3 is 2.25 bits per heavy atom. The van der Waals surface area contributed by atoms with Gasteiger partial charge in [-0.2, -0.15) is 0 Å². The first-order valence-electron chi connectivity index (χ1n) is 7.85. The van der Waals surface area contributed by atoms with Crippen molar-refractivity contribution in [3.05, 3.63) is 54.9 Å². The standard InChI is InChI=1S/C18H18N4OS/c1-21-12-19-20-18(21)24-11-13(23)10-22-16-8-4-2-6-14(16)15-7-3-5-9-17(15)22/h2-9,12-13,23H,10-11H2,1H3/t13-/m1/s1. The van der Waals surface area contributed by atoms with E-state index < -0.39 is 6.10 Å². The van der Waals surface area contributed by atoms with Crippen LogP contribution in [0.3, 0.4) is 0 Å². The van der Waals surface area contributed by atoms with E-state index in [4.69, 9.17) is 0 Å². The largest absolute Gasteiger partial charge is 0.390 e. The maximum atomic E-state index is 10.5. The van der Waals surface area contributed by atoms with Crippen LogP contribution in [0.4, 0.5) is 0 Å². The van der Waals surface area contributed by atoms with Crippen molar-refractivity contribution in [1.82, 2.24) is 19.3 Å². The van der Waals surface area contributed by atoms with E-state index in [0.29, 0.717) is 12.3 Å². The number of fused-ring (bicyclic) bond motifs is 3. The highest BCUT2D eigenvalue weighted by Crippen LogP contribution is 2.29. The number of thioether (sulfide) groups is 1. The summed E-state index contributed by atoms with van der Waals surface area (Å²) in [6.07, 6.45) is 1.20. The zero-order valence-corrected chi connectivity index (χ0v) is 14.1. The Morgan fingerprint density at radius 2 is 1.67 bits per heavy atom. The minimum absolute atomic E-state index is 0.467. The molecule has 2 aromatic heterocycles. The quantitative estimate of drug-likeness (QED) is 0.568. The van der Waals surface area contributed by atoms with Crippen molar-refractivity contribution in [1.29, 1.82) is 0 Å². The summed E-state index contributed by atoms with van der Waals surface area (Å²) < 4.78 is 4.06. The molecule has 0 saturated carbocycles. The average molecular weight is 338 g/mol. The minimum Gasteiger partial charge on any atom is -0.390 e. The van der Waals surface area contributed by atoms with E-state index in [0.717, 1.165) is 16.2 Å². The molecule has 1 atom stereocenters. The van der Waals surface area contributed by atoms with E-state index in [1.165, 1.54) is 22.5 Å². The van der Waals surface area contributed by atoms with Crippen LogP contribution in [-0.2, 0) is 13.6 Å². The molecule has 2 aromatic carbocycles. The first-order valence-corrected chi connectivity index (χ1v) is 8.83. The van der Waals surface area contributed by atoms with Gasteiger partial charge in [-0.15, -0.1) is 10.2 Å². The number of aliphatic hydroxyl groups is 1. The van der Waals surface area contributed by atoms with Crippen LogP contribution in [-0.4, -0.2) is 36.3 Å². The predicted molar refractivity (Wildman–Crippen MR) is 97.2 cm³/mol. The summed E-state index contributed by atoms with van der Waals surface area (Å²) in [6, 6.07) is 16.7. The van der Waals surface area contributed by atoms with Gasteiger partial charge in [0.15, 0.2) is 5.16 Å². The highest BCUT2D eigenvalue weighted by molar-refractivity contribution is 7.99. The molecule has 0 aliphatic rings. The molecule has 0 amide bonds. The van der Waals surface area contributed by atoms with Crippen LogP contribution >= 0.6 is 11.8 Å². The van der Waals surface area contributed by atoms with Gasteiger partial charge in [0.2, 0.25) is 0 Å². The van der Waals surface area contributed by atoms with E-state index in [1.54, 1.807) is 6.33 Å². The number of aromatic nitrogens is 4. The zero-order valence-electron chi connectivity index (χ0n) is 13.3. The Hall–Kier alpha value is -2.31. The lowest BCUT2D eigenvalue weighted by molar-refractivity contribution is 0.181. The number of nitrogens with zero attached hydrogens (tertiary/aromatic N) is 4. The molecule has 4 aromatic rings. The third-order valence-electron chi connectivity index (χ3n) is 4.15. The van der Waals surface area contributed by atoms with Crippen LogP contribution < -0.4 is 0 Å². The fourth-order valence-electron chi connectivity index (χ4n) is 3.04. The van der Waals surface area contributed by atoms with Crippen molar-refractivity contribution in [2.24, 2.45) is 7.05 Å². The van der Waals surface area contributed by atoms with Gasteiger partial charge in [0.05, 0.1) is 12.6 Å². The van der Waals surface area contributed by atoms with Crippen molar-refractivity contribution < 1.29 is 5.11 Å². The van der Waals surface area contributed by atoms with Gasteiger partial charge in [-0.3, -0.25) is 0 Å². The molecule has 6 heteroatoms. The van der Waals surface area contributed by atoms with Gasteiger partial charge in [-0.1, -0.05) is 48.2 Å². The first kappa shape index (κ1) is 15.2. The second-order valence-corrected chi connectivity index (χ2v) is 6.82. The Bertz CT molecular complexity index is 938. The van der Waals surface area contributed by atoms with Crippen LogP contribution in [0.5, 0.6) is 0 Å². The number of hydrogen-bond donors (Lipinski definition) is 1. The minimum atomic E-state index is -0.467. The fourth-order valence-corrected chi connectivity index (χ4v) is 3.84. The number of aliphatic hydroxyl groups excluding tert-OH is 1. The Kier molecular flexibility index (Phi) is 4.00. The summed E-state index contributed by atoms with van der Waals surface area (Å²) in [5.74, 6) is 0.577. The van der Waals surface area contributed by atoms with Crippen LogP contribution in [0, 0.1) is 0 Å². The molecule has 0 saturated heterocycles. The van der Waals surface area contributed by atoms with Crippen molar-refractivity contribution in [2.75, 3.05) is 5.75 Å². The van der Waals surface area contributed by atoms with E-state index in [1.807, 2.05) is 23.7 Å². The van der Waals surface area contributed by atoms with Gasteiger partial charge in [0.1, 0.15) is 6.33 Å². The summed E-state index contributed by atoms with van der Waals surface area (Å²) in [5.41, 5.74) is 2.31. The van der Waals surface area contributed by atoms with Gasteiger partial charge in [-0.05, 0) is 12.1 Å². The maximum absolute atomic E-state index is 10.5. The van der Waals surface area contributed by atoms with E-state index in [9.17, 15) is 5.11 Å². The van der Waals surface area contributed by atoms with Crippen LogP contribution in [0.15, 0.2) is 60.0 Å². The van der Waals surface area contributed by atoms with Gasteiger partial charge in [0.25, 0.3) is 0 Å². The van der Waals surface area contributed by atoms with E-state index >= 15 is 0 Å². The summed E-state index contributed by atoms with van der Waals surface area (Å²) in [5, 5.41) is 21.7. The molecule has 2 heterocycles. The number of rotatable bonds is 5. The van der Waals surface area contributed by atoms with Crippen LogP contribution in [0.2, 0.25) is 0 Å². The lowest BCUT2D eigenvalue weighted by atomic mass is 10.2. The molecule has 122 valence electrons. The van der Waals surface area contributed by atoms with Gasteiger partial charge < -0.3 is 14.2 Å². The molecule has 0 unspecified atom stereocenters. The topological polar surface area (TPSA) is 55.9 Å². The zero-order chi connectivity index (χ0) is 16.5. The van der Waals surface area contributed by atoms with Crippen LogP contribution in [0.1, 0.15) is 0 Å². The number of benzene rings is 2. The second kappa shape index (κ2) is 6.30. The molecule has 0 bridgehead atoms. The SMILES string of the molecule is Cn1cnnc1SC[C@H](O)Cn1c2ccccc2c2ccccc21. The summed E-state index contributed by atoms with van der Waals surface area (Å²) in [6.45, 7) is 0.554. The average Bonchev–Trinajstić information content (AvgIpc) is 3.16. The molecule has 0 aliphatic carbocycles. The molecule has 0 fully saturated rings. The second-order valence-electron chi connectivity index (χ2n) is 5.83. The Balaban J connectivity index is 1.62. The Morgan fingerprint density at radius 1 is 1.04 bits per heavy atom. The van der Waals surface area contributed by atoms with Crippen molar-refractivity contribution in [3.63, 3.8) is 0 Å². The third-order valence-corrected chi connectivity index (χ3v) is 5.33. The van der Waals surface area contributed by atoms with Crippen molar-refractivity contribution in [2.45, 2.75) is 17.8 Å². The Labute approximate surface area is 143 Å². The maximum Gasteiger partial charge on any atom is 0.190 e. The van der Waals surface area contributed by atoms with Gasteiger partial charge in [0, 0.05) is 34.6 Å². The number of aryl methyl sites for hydroxylation is 1. The first-order chi connectivity index (χ1) is 11.7. The summed E-state index contributed by atoms with van der Waals surface area (Å²) >= 11 is 1.52. The molecule has 24 heavy (non-hydrogen) atoms. The number of para-hydroxylation sites is 2. The van der Waals surface area contributed by atoms with Gasteiger partial charge in [-0.25, -0.2) is 0 Å². The molecule has 1 N–H and O–H groups in total. The molecule has 0 aliphatic heterocycles. The predicted octanol–water partition coefficient (Wildman–Crippen LogP) is 3.08. The number of hydrogen-bond acceptors (Lipinski definition) is 4. The lowest BCUT2D eigenvalue weighted by Crippen LogP contribution is -2.18. The monoisotopic (exact) mass is 338 g/mol. The van der Waals surface area contributed by atoms with Gasteiger partial charge >= 0.3 is 0 Å². The molecule has 4 rings (SSSR count). The van der Waals surface area contributed by atoms with Crippen LogP contribution in [0.25, 0.3) is 21.8 Å². The lowest BCUT2D eigenvalue weighted by Gasteiger charge is -2.13. The summed E-state index contributed by atoms with van der Waals surface area (Å²) in [7, 11) is 1.90.